The largest absolute Gasteiger partial charge is 0.241 e. The maximum atomic E-state index is 12.0. The van der Waals surface area contributed by atoms with Gasteiger partial charge in [0.15, 0.2) is 0 Å². The third-order valence-corrected chi connectivity index (χ3v) is 3.54. The number of allylic oxidation sites excluding steroid dienone is 4. The van der Waals surface area contributed by atoms with Crippen molar-refractivity contribution in [3.8, 4) is 0 Å². The molecule has 0 aliphatic carbocycles. The molecule has 0 bridgehead atoms. The van der Waals surface area contributed by atoms with Gasteiger partial charge >= 0.3 is 0 Å². The second-order valence-electron chi connectivity index (χ2n) is 4.69. The molecule has 0 rings (SSSR count). The van der Waals surface area contributed by atoms with E-state index in [4.69, 9.17) is 0 Å². The SMILES string of the molecule is C=C(C)/C(=C\C=C/C)S(=O)(=O)NC(C)(C)C.CS. The fourth-order valence-corrected chi connectivity index (χ4v) is 2.74. The van der Waals surface area contributed by atoms with Crippen molar-refractivity contribution in [2.75, 3.05) is 6.26 Å². The van der Waals surface area contributed by atoms with Crippen LogP contribution < -0.4 is 4.72 Å². The highest BCUT2D eigenvalue weighted by Gasteiger charge is 2.23. The molecule has 0 aromatic carbocycles. The van der Waals surface area contributed by atoms with Gasteiger partial charge in [-0.15, -0.1) is 0 Å². The van der Waals surface area contributed by atoms with E-state index in [0.717, 1.165) is 0 Å². The number of rotatable bonds is 4. The van der Waals surface area contributed by atoms with E-state index >= 15 is 0 Å². The van der Waals surface area contributed by atoms with Crippen LogP contribution in [0.15, 0.2) is 35.3 Å². The monoisotopic (exact) mass is 291 g/mol. The molecule has 3 nitrogen and oxygen atoms in total. The molecule has 0 atom stereocenters. The van der Waals surface area contributed by atoms with Crippen molar-refractivity contribution < 1.29 is 8.42 Å². The minimum absolute atomic E-state index is 0.223. The molecule has 5 heteroatoms. The standard InChI is InChI=1S/C12H21NO2S.CH4S/c1-7-8-9-11(10(2)3)16(14,15)13-12(4,5)6;1-2/h7-9,13H,2H2,1,3-6H3;2H,1H3/b8-7-,11-9+;. The summed E-state index contributed by atoms with van der Waals surface area (Å²) in [7, 11) is -3.49. The third kappa shape index (κ3) is 8.55. The lowest BCUT2D eigenvalue weighted by Crippen LogP contribution is -2.41. The Hall–Kier alpha value is -0.520. The molecule has 0 spiro atoms. The molecular formula is C13H25NO2S2. The predicted molar refractivity (Wildman–Crippen MR) is 84.4 cm³/mol. The zero-order valence-corrected chi connectivity index (χ0v) is 13.8. The van der Waals surface area contributed by atoms with Gasteiger partial charge in [0.25, 0.3) is 0 Å². The highest BCUT2D eigenvalue weighted by molar-refractivity contribution is 7.93. The first-order valence-electron chi connectivity index (χ1n) is 5.58. The Bertz CT molecular complexity index is 413. The number of sulfonamides is 1. The summed E-state index contributed by atoms with van der Waals surface area (Å²) in [5.41, 5.74) is 0.0263. The average molecular weight is 291 g/mol. The fraction of sp³-hybridized carbons (Fsp3) is 0.538. The Balaban J connectivity index is 0. The van der Waals surface area contributed by atoms with E-state index in [-0.39, 0.29) is 4.91 Å². The van der Waals surface area contributed by atoms with Gasteiger partial charge in [0.1, 0.15) is 0 Å². The van der Waals surface area contributed by atoms with Gasteiger partial charge in [-0.3, -0.25) is 0 Å². The molecule has 18 heavy (non-hydrogen) atoms. The first kappa shape index (κ1) is 19.8. The molecule has 0 fully saturated rings. The molecule has 0 radical (unpaired) electrons. The van der Waals surface area contributed by atoms with Crippen molar-refractivity contribution in [1.29, 1.82) is 0 Å². The Morgan fingerprint density at radius 2 is 1.72 bits per heavy atom. The van der Waals surface area contributed by atoms with Gasteiger partial charge in [-0.1, -0.05) is 18.7 Å². The summed E-state index contributed by atoms with van der Waals surface area (Å²) < 4.78 is 26.6. The number of nitrogens with one attached hydrogen (secondary N) is 1. The van der Waals surface area contributed by atoms with Crippen molar-refractivity contribution in [1.82, 2.24) is 4.72 Å². The Morgan fingerprint density at radius 3 is 2.00 bits per heavy atom. The van der Waals surface area contributed by atoms with E-state index in [1.165, 1.54) is 0 Å². The smallest absolute Gasteiger partial charge is 0.207 e. The van der Waals surface area contributed by atoms with E-state index in [0.29, 0.717) is 5.57 Å². The molecule has 0 unspecified atom stereocenters. The van der Waals surface area contributed by atoms with Crippen LogP contribution in [0, 0.1) is 0 Å². The van der Waals surface area contributed by atoms with E-state index in [1.807, 2.05) is 6.92 Å². The van der Waals surface area contributed by atoms with Gasteiger partial charge in [-0.2, -0.15) is 12.6 Å². The number of hydrogen-bond donors (Lipinski definition) is 2. The molecule has 0 aromatic rings. The van der Waals surface area contributed by atoms with Gasteiger partial charge in [0.2, 0.25) is 10.0 Å². The van der Waals surface area contributed by atoms with Crippen LogP contribution in [0.2, 0.25) is 0 Å². The summed E-state index contributed by atoms with van der Waals surface area (Å²) in [4.78, 5) is 0.223. The number of hydrogen-bond acceptors (Lipinski definition) is 3. The molecule has 106 valence electrons. The molecule has 0 aliphatic heterocycles. The van der Waals surface area contributed by atoms with E-state index in [1.54, 1.807) is 52.2 Å². The lowest BCUT2D eigenvalue weighted by Gasteiger charge is -2.21. The maximum Gasteiger partial charge on any atom is 0.241 e. The Kier molecular flexibility index (Phi) is 9.42. The second kappa shape index (κ2) is 8.56. The molecule has 0 heterocycles. The normalized spacial score (nSPS) is 13.2. The van der Waals surface area contributed by atoms with Gasteiger partial charge < -0.3 is 0 Å². The van der Waals surface area contributed by atoms with Crippen LogP contribution >= 0.6 is 12.6 Å². The second-order valence-corrected chi connectivity index (χ2v) is 6.34. The van der Waals surface area contributed by atoms with Crippen LogP contribution in [0.25, 0.3) is 0 Å². The zero-order valence-electron chi connectivity index (χ0n) is 12.1. The van der Waals surface area contributed by atoms with E-state index < -0.39 is 15.6 Å². The fourth-order valence-electron chi connectivity index (χ4n) is 1.10. The van der Waals surface area contributed by atoms with Crippen molar-refractivity contribution in [3.05, 3.63) is 35.3 Å². The molecule has 0 aliphatic rings. The van der Waals surface area contributed by atoms with Crippen LogP contribution in [0.4, 0.5) is 0 Å². The van der Waals surface area contributed by atoms with E-state index in [9.17, 15) is 8.42 Å². The van der Waals surface area contributed by atoms with Crippen molar-refractivity contribution in [3.63, 3.8) is 0 Å². The van der Waals surface area contributed by atoms with Crippen molar-refractivity contribution >= 4 is 22.7 Å². The summed E-state index contributed by atoms with van der Waals surface area (Å²) in [6.07, 6.45) is 6.71. The van der Waals surface area contributed by atoms with Gasteiger partial charge in [0, 0.05) is 5.54 Å². The van der Waals surface area contributed by atoms with Crippen LogP contribution in [-0.4, -0.2) is 20.2 Å². The van der Waals surface area contributed by atoms with Gasteiger partial charge in [-0.05, 0) is 52.5 Å². The molecule has 0 saturated heterocycles. The van der Waals surface area contributed by atoms with Crippen LogP contribution in [0.3, 0.4) is 0 Å². The van der Waals surface area contributed by atoms with Crippen LogP contribution in [0.5, 0.6) is 0 Å². The van der Waals surface area contributed by atoms with Crippen LogP contribution in [0.1, 0.15) is 34.6 Å². The quantitative estimate of drug-likeness (QED) is 0.617. The topological polar surface area (TPSA) is 46.2 Å². The Labute approximate surface area is 118 Å². The van der Waals surface area contributed by atoms with Crippen molar-refractivity contribution in [2.45, 2.75) is 40.2 Å². The molecule has 0 amide bonds. The number of thiol groups is 1. The summed E-state index contributed by atoms with van der Waals surface area (Å²) in [5, 5.41) is 0. The molecular weight excluding hydrogens is 266 g/mol. The molecule has 1 N–H and O–H groups in total. The molecule has 0 aromatic heterocycles. The van der Waals surface area contributed by atoms with Crippen molar-refractivity contribution in [2.24, 2.45) is 0 Å². The zero-order chi connectivity index (χ0) is 15.0. The van der Waals surface area contributed by atoms with E-state index in [2.05, 4.69) is 23.9 Å². The molecule has 0 saturated carbocycles. The summed E-state index contributed by atoms with van der Waals surface area (Å²) in [5.74, 6) is 0. The highest BCUT2D eigenvalue weighted by Crippen LogP contribution is 2.17. The predicted octanol–water partition coefficient (Wildman–Crippen LogP) is 3.29. The summed E-state index contributed by atoms with van der Waals surface area (Å²) in [6.45, 7) is 12.6. The lowest BCUT2D eigenvalue weighted by molar-refractivity contribution is 0.495. The van der Waals surface area contributed by atoms with Gasteiger partial charge in [0.05, 0.1) is 4.91 Å². The lowest BCUT2D eigenvalue weighted by atomic mass is 10.1. The Morgan fingerprint density at radius 1 is 1.28 bits per heavy atom. The maximum absolute atomic E-state index is 12.0. The minimum atomic E-state index is -3.49. The first-order chi connectivity index (χ1) is 8.10. The first-order valence-corrected chi connectivity index (χ1v) is 7.95. The third-order valence-electron chi connectivity index (χ3n) is 1.59. The summed E-state index contributed by atoms with van der Waals surface area (Å²) in [6, 6.07) is 0. The highest BCUT2D eigenvalue weighted by atomic mass is 32.2. The van der Waals surface area contributed by atoms with Gasteiger partial charge in [-0.25, -0.2) is 13.1 Å². The minimum Gasteiger partial charge on any atom is -0.207 e. The summed E-state index contributed by atoms with van der Waals surface area (Å²) >= 11 is 3.53. The average Bonchev–Trinajstić information content (AvgIpc) is 2.16. The van der Waals surface area contributed by atoms with Crippen LogP contribution in [-0.2, 0) is 10.0 Å².